The highest BCUT2D eigenvalue weighted by molar-refractivity contribution is 9.10. The molecule has 0 aromatic heterocycles. The van der Waals surface area contributed by atoms with Gasteiger partial charge in [-0.2, -0.15) is 0 Å². The third kappa shape index (κ3) is 3.71. The second-order valence-corrected chi connectivity index (χ2v) is 5.57. The topological polar surface area (TPSA) is 21.3 Å². The molecule has 1 aliphatic rings. The van der Waals surface area contributed by atoms with Gasteiger partial charge in [-0.25, -0.2) is 0 Å². The van der Waals surface area contributed by atoms with Crippen molar-refractivity contribution in [1.29, 1.82) is 0 Å². The van der Waals surface area contributed by atoms with Gasteiger partial charge < -0.3 is 10.1 Å². The van der Waals surface area contributed by atoms with Crippen LogP contribution in [0.25, 0.3) is 0 Å². The van der Waals surface area contributed by atoms with Gasteiger partial charge in [0.2, 0.25) is 0 Å². The van der Waals surface area contributed by atoms with E-state index in [1.165, 1.54) is 24.9 Å². The lowest BCUT2D eigenvalue weighted by atomic mass is 9.97. The third-order valence-corrected chi connectivity index (χ3v) is 4.26. The summed E-state index contributed by atoms with van der Waals surface area (Å²) in [6, 6.07) is 6.11. The number of hydrogen-bond acceptors (Lipinski definition) is 2. The molecule has 1 atom stereocenters. The molecule has 0 radical (unpaired) electrons. The molecule has 0 aliphatic carbocycles. The number of halogens is 1. The minimum atomic E-state index is 0.788. The van der Waals surface area contributed by atoms with Gasteiger partial charge in [0.15, 0.2) is 0 Å². The van der Waals surface area contributed by atoms with Gasteiger partial charge in [-0.05, 0) is 57.3 Å². The van der Waals surface area contributed by atoms with Gasteiger partial charge in [0.1, 0.15) is 5.75 Å². The molecule has 1 unspecified atom stereocenters. The number of benzene rings is 1. The van der Waals surface area contributed by atoms with Crippen LogP contribution in [-0.4, -0.2) is 19.7 Å². The molecule has 1 fully saturated rings. The summed E-state index contributed by atoms with van der Waals surface area (Å²) in [6.07, 6.45) is 3.80. The van der Waals surface area contributed by atoms with E-state index in [-0.39, 0.29) is 0 Å². The van der Waals surface area contributed by atoms with Crippen molar-refractivity contribution >= 4 is 15.9 Å². The molecule has 1 saturated heterocycles. The van der Waals surface area contributed by atoms with Crippen LogP contribution in [0.1, 0.15) is 24.8 Å². The van der Waals surface area contributed by atoms with Crippen molar-refractivity contribution in [3.05, 3.63) is 28.2 Å². The van der Waals surface area contributed by atoms with Crippen molar-refractivity contribution < 1.29 is 4.74 Å². The Morgan fingerprint density at radius 1 is 1.47 bits per heavy atom. The van der Waals surface area contributed by atoms with Crippen molar-refractivity contribution in [3.8, 4) is 5.75 Å². The Balaban J connectivity index is 1.79. The molecule has 1 aromatic carbocycles. The third-order valence-electron chi connectivity index (χ3n) is 3.40. The Morgan fingerprint density at radius 3 is 3.12 bits per heavy atom. The minimum absolute atomic E-state index is 0.788. The SMILES string of the molecule is Cc1c(Br)cccc1OCCC1CCCNC1. The van der Waals surface area contributed by atoms with Crippen LogP contribution in [0.3, 0.4) is 0 Å². The number of piperidine rings is 1. The molecule has 1 aliphatic heterocycles. The van der Waals surface area contributed by atoms with Gasteiger partial charge in [-0.15, -0.1) is 0 Å². The van der Waals surface area contributed by atoms with Crippen molar-refractivity contribution in [2.45, 2.75) is 26.2 Å². The predicted octanol–water partition coefficient (Wildman–Crippen LogP) is 3.53. The Bertz CT molecular complexity index is 361. The molecule has 0 spiro atoms. The normalized spacial score (nSPS) is 20.2. The first-order chi connectivity index (χ1) is 8.27. The maximum Gasteiger partial charge on any atom is 0.123 e. The van der Waals surface area contributed by atoms with E-state index >= 15 is 0 Å². The van der Waals surface area contributed by atoms with Gasteiger partial charge >= 0.3 is 0 Å². The molecule has 2 rings (SSSR count). The van der Waals surface area contributed by atoms with Crippen LogP contribution < -0.4 is 10.1 Å². The summed E-state index contributed by atoms with van der Waals surface area (Å²) in [5.41, 5.74) is 1.19. The van der Waals surface area contributed by atoms with Crippen LogP contribution >= 0.6 is 15.9 Å². The number of rotatable bonds is 4. The van der Waals surface area contributed by atoms with Gasteiger partial charge in [-0.1, -0.05) is 22.0 Å². The molecule has 17 heavy (non-hydrogen) atoms. The lowest BCUT2D eigenvalue weighted by molar-refractivity contribution is 0.253. The number of ether oxygens (including phenoxy) is 1. The quantitative estimate of drug-likeness (QED) is 0.918. The van der Waals surface area contributed by atoms with E-state index in [1.807, 2.05) is 18.2 Å². The zero-order valence-electron chi connectivity index (χ0n) is 10.3. The van der Waals surface area contributed by atoms with E-state index in [9.17, 15) is 0 Å². The Morgan fingerprint density at radius 2 is 2.35 bits per heavy atom. The van der Waals surface area contributed by atoms with Crippen LogP contribution in [0, 0.1) is 12.8 Å². The van der Waals surface area contributed by atoms with Gasteiger partial charge in [0.05, 0.1) is 6.61 Å². The van der Waals surface area contributed by atoms with Crippen molar-refractivity contribution in [3.63, 3.8) is 0 Å². The molecule has 1 heterocycles. The highest BCUT2D eigenvalue weighted by atomic mass is 79.9. The molecule has 0 saturated carbocycles. The maximum absolute atomic E-state index is 5.86. The molecule has 1 N–H and O–H groups in total. The first-order valence-corrected chi connectivity index (χ1v) is 7.15. The molecular formula is C14H20BrNO. The Labute approximate surface area is 112 Å². The number of hydrogen-bond donors (Lipinski definition) is 1. The molecule has 3 heteroatoms. The molecule has 94 valence electrons. The van der Waals surface area contributed by atoms with E-state index in [2.05, 4.69) is 28.2 Å². The van der Waals surface area contributed by atoms with Crippen LogP contribution in [0.4, 0.5) is 0 Å². The summed E-state index contributed by atoms with van der Waals surface area (Å²) >= 11 is 3.52. The summed E-state index contributed by atoms with van der Waals surface area (Å²) in [5.74, 6) is 1.79. The summed E-state index contributed by atoms with van der Waals surface area (Å²) in [6.45, 7) is 5.24. The summed E-state index contributed by atoms with van der Waals surface area (Å²) in [7, 11) is 0. The average Bonchev–Trinajstić information content (AvgIpc) is 2.36. The van der Waals surface area contributed by atoms with E-state index < -0.39 is 0 Å². The largest absolute Gasteiger partial charge is 0.493 e. The first-order valence-electron chi connectivity index (χ1n) is 6.36. The lowest BCUT2D eigenvalue weighted by Gasteiger charge is -2.22. The van der Waals surface area contributed by atoms with Crippen molar-refractivity contribution in [2.24, 2.45) is 5.92 Å². The Hall–Kier alpha value is -0.540. The highest BCUT2D eigenvalue weighted by Crippen LogP contribution is 2.26. The van der Waals surface area contributed by atoms with Gasteiger partial charge in [0.25, 0.3) is 0 Å². The fourth-order valence-corrected chi connectivity index (χ4v) is 2.60. The average molecular weight is 298 g/mol. The van der Waals surface area contributed by atoms with Crippen LogP contribution in [0.2, 0.25) is 0 Å². The van der Waals surface area contributed by atoms with Gasteiger partial charge in [0, 0.05) is 10.0 Å². The molecule has 2 nitrogen and oxygen atoms in total. The summed E-state index contributed by atoms with van der Waals surface area (Å²) in [5, 5.41) is 3.44. The lowest BCUT2D eigenvalue weighted by Crippen LogP contribution is -2.30. The minimum Gasteiger partial charge on any atom is -0.493 e. The zero-order valence-corrected chi connectivity index (χ0v) is 11.9. The second kappa shape index (κ2) is 6.41. The maximum atomic E-state index is 5.86. The van der Waals surface area contributed by atoms with Gasteiger partial charge in [-0.3, -0.25) is 0 Å². The predicted molar refractivity (Wildman–Crippen MR) is 74.6 cm³/mol. The summed E-state index contributed by atoms with van der Waals surface area (Å²) in [4.78, 5) is 0. The van der Waals surface area contributed by atoms with E-state index in [0.29, 0.717) is 0 Å². The second-order valence-electron chi connectivity index (χ2n) is 4.71. The van der Waals surface area contributed by atoms with E-state index in [0.717, 1.165) is 35.7 Å². The smallest absolute Gasteiger partial charge is 0.123 e. The molecule has 1 aromatic rings. The van der Waals surface area contributed by atoms with Crippen molar-refractivity contribution in [1.82, 2.24) is 5.32 Å². The fraction of sp³-hybridized carbons (Fsp3) is 0.571. The first kappa shape index (κ1) is 12.9. The van der Waals surface area contributed by atoms with Crippen LogP contribution in [0.15, 0.2) is 22.7 Å². The number of nitrogens with one attached hydrogen (secondary N) is 1. The molecule has 0 amide bonds. The standard InChI is InChI=1S/C14H20BrNO/c1-11-13(15)5-2-6-14(11)17-9-7-12-4-3-8-16-10-12/h2,5-6,12,16H,3-4,7-10H2,1H3. The Kier molecular flexibility index (Phi) is 4.86. The monoisotopic (exact) mass is 297 g/mol. The molecular weight excluding hydrogens is 278 g/mol. The summed E-state index contributed by atoms with van der Waals surface area (Å²) < 4.78 is 6.98. The highest BCUT2D eigenvalue weighted by Gasteiger charge is 2.13. The van der Waals surface area contributed by atoms with E-state index in [1.54, 1.807) is 0 Å². The fourth-order valence-electron chi connectivity index (χ4n) is 2.25. The van der Waals surface area contributed by atoms with E-state index in [4.69, 9.17) is 4.74 Å². The van der Waals surface area contributed by atoms with Crippen molar-refractivity contribution in [2.75, 3.05) is 19.7 Å². The van der Waals surface area contributed by atoms with Crippen LogP contribution in [-0.2, 0) is 0 Å². The van der Waals surface area contributed by atoms with Crippen LogP contribution in [0.5, 0.6) is 5.75 Å². The zero-order chi connectivity index (χ0) is 12.1. The molecule has 0 bridgehead atoms.